The molecule has 0 amide bonds. The van der Waals surface area contributed by atoms with Crippen molar-refractivity contribution in [2.75, 3.05) is 27.6 Å². The van der Waals surface area contributed by atoms with Crippen molar-refractivity contribution in [3.63, 3.8) is 0 Å². The van der Waals surface area contributed by atoms with E-state index in [2.05, 4.69) is 6.92 Å². The fourth-order valence-corrected chi connectivity index (χ4v) is 3.61. The van der Waals surface area contributed by atoms with Crippen molar-refractivity contribution >= 4 is 5.97 Å². The Morgan fingerprint density at radius 2 is 2.07 bits per heavy atom. The largest absolute Gasteiger partial charge is 0.496 e. The number of carbonyl (C=O) groups is 1. The van der Waals surface area contributed by atoms with Gasteiger partial charge < -0.3 is 24.1 Å². The molecule has 1 aromatic carbocycles. The van der Waals surface area contributed by atoms with Crippen LogP contribution in [-0.2, 0) is 20.6 Å². The molecule has 2 rings (SSSR count). The van der Waals surface area contributed by atoms with E-state index in [9.17, 15) is 9.90 Å². The molecule has 0 saturated heterocycles. The number of hydrogen-bond acceptors (Lipinski definition) is 6. The topological polar surface area (TPSA) is 74.2 Å². The van der Waals surface area contributed by atoms with Crippen molar-refractivity contribution in [3.05, 3.63) is 29.3 Å². The summed E-state index contributed by atoms with van der Waals surface area (Å²) < 4.78 is 22.1. The minimum Gasteiger partial charge on any atom is -0.496 e. The molecular formula is C21H32O6. The van der Waals surface area contributed by atoms with Gasteiger partial charge in [0.2, 0.25) is 0 Å². The molecule has 1 heterocycles. The molecule has 0 aliphatic carbocycles. The number of rotatable bonds is 6. The summed E-state index contributed by atoms with van der Waals surface area (Å²) in [5.74, 6) is 0.432. The molecule has 3 atom stereocenters. The summed E-state index contributed by atoms with van der Waals surface area (Å²) in [6.07, 6.45) is 4.22. The number of carbonyl (C=O) groups excluding carboxylic acids is 1. The van der Waals surface area contributed by atoms with Gasteiger partial charge in [-0.15, -0.1) is 0 Å². The van der Waals surface area contributed by atoms with Crippen LogP contribution in [0.25, 0.3) is 0 Å². The predicted molar refractivity (Wildman–Crippen MR) is 102 cm³/mol. The van der Waals surface area contributed by atoms with Gasteiger partial charge in [0.25, 0.3) is 0 Å². The third-order valence-electron chi connectivity index (χ3n) is 5.15. The van der Waals surface area contributed by atoms with E-state index in [1.54, 1.807) is 20.3 Å². The minimum absolute atomic E-state index is 0.0535. The fraction of sp³-hybridized carbons (Fsp3) is 0.667. The Morgan fingerprint density at radius 1 is 1.26 bits per heavy atom. The quantitative estimate of drug-likeness (QED) is 0.603. The Hall–Kier alpha value is -1.63. The average Bonchev–Trinajstić information content (AvgIpc) is 2.67. The van der Waals surface area contributed by atoms with Crippen molar-refractivity contribution in [1.82, 2.24) is 0 Å². The maximum Gasteiger partial charge on any atom is 0.342 e. The van der Waals surface area contributed by atoms with E-state index in [1.165, 1.54) is 0 Å². The zero-order valence-corrected chi connectivity index (χ0v) is 16.6. The molecule has 1 N–H and O–H groups in total. The molecule has 3 unspecified atom stereocenters. The monoisotopic (exact) mass is 380 g/mol. The molecule has 0 aromatic heterocycles. The van der Waals surface area contributed by atoms with Crippen LogP contribution in [0.5, 0.6) is 5.75 Å². The summed E-state index contributed by atoms with van der Waals surface area (Å²) >= 11 is 0. The lowest BCUT2D eigenvalue weighted by Crippen LogP contribution is -2.32. The van der Waals surface area contributed by atoms with Crippen molar-refractivity contribution in [2.24, 2.45) is 5.92 Å². The number of fused-ring (bicyclic) bond motifs is 1. The van der Waals surface area contributed by atoms with Crippen molar-refractivity contribution in [3.8, 4) is 5.75 Å². The van der Waals surface area contributed by atoms with Crippen LogP contribution >= 0.6 is 0 Å². The number of benzene rings is 1. The second-order valence-corrected chi connectivity index (χ2v) is 7.10. The lowest BCUT2D eigenvalue weighted by Gasteiger charge is -2.29. The Labute approximate surface area is 161 Å². The molecule has 1 aliphatic rings. The minimum atomic E-state index is -0.427. The highest BCUT2D eigenvalue weighted by molar-refractivity contribution is 5.94. The van der Waals surface area contributed by atoms with Gasteiger partial charge in [0.15, 0.2) is 0 Å². The second kappa shape index (κ2) is 11.3. The number of methoxy groups -OCH3 is 2. The van der Waals surface area contributed by atoms with Gasteiger partial charge in [-0.25, -0.2) is 4.79 Å². The fourth-order valence-electron chi connectivity index (χ4n) is 3.61. The van der Waals surface area contributed by atoms with E-state index in [4.69, 9.17) is 18.9 Å². The third-order valence-corrected chi connectivity index (χ3v) is 5.15. The number of esters is 1. The number of cyclic esters (lactones) is 1. The van der Waals surface area contributed by atoms with Gasteiger partial charge in [0.1, 0.15) is 24.2 Å². The highest BCUT2D eigenvalue weighted by atomic mass is 16.7. The highest BCUT2D eigenvalue weighted by Crippen LogP contribution is 2.29. The molecular weight excluding hydrogens is 348 g/mol. The zero-order chi connectivity index (χ0) is 19.6. The molecule has 6 nitrogen and oxygen atoms in total. The van der Waals surface area contributed by atoms with Crippen molar-refractivity contribution in [1.29, 1.82) is 0 Å². The lowest BCUT2D eigenvalue weighted by molar-refractivity contribution is -0.105. The molecule has 27 heavy (non-hydrogen) atoms. The molecule has 0 spiro atoms. The molecule has 0 fully saturated rings. The van der Waals surface area contributed by atoms with E-state index in [0.717, 1.165) is 31.2 Å². The Balaban J connectivity index is 2.30. The van der Waals surface area contributed by atoms with E-state index in [1.807, 2.05) is 12.1 Å². The van der Waals surface area contributed by atoms with Crippen LogP contribution in [0.3, 0.4) is 0 Å². The second-order valence-electron chi connectivity index (χ2n) is 7.10. The summed E-state index contributed by atoms with van der Waals surface area (Å²) in [6.45, 7) is 2.30. The van der Waals surface area contributed by atoms with Crippen LogP contribution in [0.15, 0.2) is 18.2 Å². The number of aryl methyl sites for hydroxylation is 1. The SMILES string of the molecule is COCOC1CC(CCO)OC(=O)c2c(cccc2OC)CCCCC1C. The van der Waals surface area contributed by atoms with Gasteiger partial charge >= 0.3 is 5.97 Å². The van der Waals surface area contributed by atoms with Gasteiger partial charge in [-0.1, -0.05) is 25.5 Å². The normalized spacial score (nSPS) is 24.3. The Bertz CT molecular complexity index is 588. The number of ether oxygens (including phenoxy) is 4. The van der Waals surface area contributed by atoms with Crippen molar-refractivity contribution in [2.45, 2.75) is 57.7 Å². The van der Waals surface area contributed by atoms with E-state index in [-0.39, 0.29) is 19.5 Å². The van der Waals surface area contributed by atoms with Crippen LogP contribution in [0.1, 0.15) is 54.9 Å². The van der Waals surface area contributed by atoms with E-state index in [0.29, 0.717) is 30.1 Å². The molecule has 0 saturated carbocycles. The molecule has 0 bridgehead atoms. The smallest absolute Gasteiger partial charge is 0.342 e. The van der Waals surface area contributed by atoms with Crippen LogP contribution in [0.4, 0.5) is 0 Å². The molecule has 1 aliphatic heterocycles. The first-order chi connectivity index (χ1) is 13.1. The maximum absolute atomic E-state index is 12.9. The first-order valence-electron chi connectivity index (χ1n) is 9.69. The molecule has 6 heteroatoms. The highest BCUT2D eigenvalue weighted by Gasteiger charge is 2.28. The number of aliphatic hydroxyl groups is 1. The van der Waals surface area contributed by atoms with E-state index < -0.39 is 12.1 Å². The molecule has 0 radical (unpaired) electrons. The maximum atomic E-state index is 12.9. The number of aliphatic hydroxyl groups excluding tert-OH is 1. The standard InChI is InChI=1S/C21H32O6/c1-15-7-4-5-8-16-9-6-10-18(25-3)20(16)21(23)27-17(11-12-22)13-19(15)26-14-24-2/h6,9-10,15,17,19,22H,4-5,7-8,11-14H2,1-3H3. The first-order valence-corrected chi connectivity index (χ1v) is 9.69. The molecule has 1 aromatic rings. The summed E-state index contributed by atoms with van der Waals surface area (Å²) in [4.78, 5) is 12.9. The Morgan fingerprint density at radius 3 is 2.78 bits per heavy atom. The van der Waals surface area contributed by atoms with Gasteiger partial charge in [0.05, 0.1) is 13.2 Å². The summed E-state index contributed by atoms with van der Waals surface area (Å²) in [7, 11) is 3.15. The van der Waals surface area contributed by atoms with Gasteiger partial charge in [-0.05, 0) is 36.8 Å². The summed E-state index contributed by atoms with van der Waals surface area (Å²) in [5.41, 5.74) is 1.44. The van der Waals surface area contributed by atoms with Crippen LogP contribution in [0.2, 0.25) is 0 Å². The summed E-state index contributed by atoms with van der Waals surface area (Å²) in [6, 6.07) is 5.64. The zero-order valence-electron chi connectivity index (χ0n) is 16.6. The predicted octanol–water partition coefficient (Wildman–Crippen LogP) is 3.34. The third kappa shape index (κ3) is 6.19. The summed E-state index contributed by atoms with van der Waals surface area (Å²) in [5, 5.41) is 9.44. The number of hydrogen-bond donors (Lipinski definition) is 1. The van der Waals surface area contributed by atoms with E-state index >= 15 is 0 Å². The molecule has 152 valence electrons. The Kier molecular flexibility index (Phi) is 9.04. The van der Waals surface area contributed by atoms with Gasteiger partial charge in [0, 0.05) is 26.6 Å². The lowest BCUT2D eigenvalue weighted by atomic mass is 9.91. The van der Waals surface area contributed by atoms with Crippen molar-refractivity contribution < 1.29 is 28.8 Å². The van der Waals surface area contributed by atoms with Gasteiger partial charge in [-0.3, -0.25) is 0 Å². The van der Waals surface area contributed by atoms with Gasteiger partial charge in [-0.2, -0.15) is 0 Å². The van der Waals surface area contributed by atoms with Crippen LogP contribution < -0.4 is 4.74 Å². The van der Waals surface area contributed by atoms with Crippen LogP contribution in [0, 0.1) is 5.92 Å². The van der Waals surface area contributed by atoms with Crippen LogP contribution in [-0.4, -0.2) is 50.9 Å². The first kappa shape index (κ1) is 21.7. The average molecular weight is 380 g/mol.